The van der Waals surface area contributed by atoms with Crippen LogP contribution in [0, 0.1) is 5.92 Å². The third-order valence-corrected chi connectivity index (χ3v) is 3.48. The van der Waals surface area contributed by atoms with Gasteiger partial charge >= 0.3 is 14.5 Å². The van der Waals surface area contributed by atoms with E-state index < -0.39 is 14.5 Å². The summed E-state index contributed by atoms with van der Waals surface area (Å²) >= 11 is 0. The van der Waals surface area contributed by atoms with Crippen LogP contribution < -0.4 is 0 Å². The van der Waals surface area contributed by atoms with E-state index in [-0.39, 0.29) is 20.1 Å². The van der Waals surface area contributed by atoms with Crippen molar-refractivity contribution in [2.75, 3.05) is 0 Å². The fraction of sp³-hybridized carbons (Fsp3) is 0.312. The SMILES string of the molecule is C[C]1C(C)=C(C)C(C)=C1C.F[B-](F)(F)F.F[B-](F)(F)F.[Ir].c1ccccc1. The zero-order chi connectivity index (χ0) is 21.1. The molecule has 27 heavy (non-hydrogen) atoms. The standard InChI is InChI=1S/C10H15.C6H6.2BF4.Ir/c1-6-7(2)9(4)10(5)8(6)3;1-2-4-6-5-3-1;2*2-1(3,4)5;/h1-5H3;1-6H;;;/q;;2*-1;. The third-order valence-electron chi connectivity index (χ3n) is 3.48. The third kappa shape index (κ3) is 21.1. The molecule has 1 aliphatic carbocycles. The maximum Gasteiger partial charge on any atom is 0.673 e. The minimum atomic E-state index is -6.00. The Morgan fingerprint density at radius 3 is 0.667 bits per heavy atom. The molecule has 0 saturated carbocycles. The molecule has 0 heterocycles. The second-order valence-electron chi connectivity index (χ2n) is 5.27. The molecule has 0 atom stereocenters. The number of allylic oxidation sites excluding steroid dienone is 4. The zero-order valence-electron chi connectivity index (χ0n) is 15.5. The summed E-state index contributed by atoms with van der Waals surface area (Å²) in [4.78, 5) is 0. The molecule has 0 N–H and O–H groups in total. The van der Waals surface area contributed by atoms with E-state index in [1.165, 1.54) is 28.2 Å². The van der Waals surface area contributed by atoms with Crippen molar-refractivity contribution in [3.63, 3.8) is 0 Å². The van der Waals surface area contributed by atoms with Crippen molar-refractivity contribution in [1.29, 1.82) is 0 Å². The van der Waals surface area contributed by atoms with Gasteiger partial charge in [-0.25, -0.2) is 0 Å². The Labute approximate surface area is 168 Å². The van der Waals surface area contributed by atoms with Crippen LogP contribution in [0.4, 0.5) is 34.5 Å². The average molecular weight is 579 g/mol. The Morgan fingerprint density at radius 2 is 0.593 bits per heavy atom. The molecule has 0 bridgehead atoms. The van der Waals surface area contributed by atoms with Crippen LogP contribution in [-0.2, 0) is 20.1 Å². The molecule has 158 valence electrons. The summed E-state index contributed by atoms with van der Waals surface area (Å²) in [5.41, 5.74) is 5.87. The summed E-state index contributed by atoms with van der Waals surface area (Å²) in [5, 5.41) is 0. The van der Waals surface area contributed by atoms with Crippen LogP contribution in [0.2, 0.25) is 0 Å². The summed E-state index contributed by atoms with van der Waals surface area (Å²) in [7, 11) is -12.0. The van der Waals surface area contributed by atoms with Crippen LogP contribution in [0.3, 0.4) is 0 Å². The van der Waals surface area contributed by atoms with Gasteiger partial charge in [-0.15, -0.1) is 0 Å². The summed E-state index contributed by atoms with van der Waals surface area (Å²) in [5.74, 6) is 1.47. The van der Waals surface area contributed by atoms with E-state index >= 15 is 0 Å². The van der Waals surface area contributed by atoms with Crippen molar-refractivity contribution in [2.45, 2.75) is 34.6 Å². The Kier molecular flexibility index (Phi) is 15.9. The van der Waals surface area contributed by atoms with E-state index in [1.54, 1.807) is 0 Å². The monoisotopic (exact) mass is 580 g/mol. The van der Waals surface area contributed by atoms with Gasteiger partial charge in [0.1, 0.15) is 0 Å². The van der Waals surface area contributed by atoms with Crippen LogP contribution in [0.5, 0.6) is 0 Å². The minimum absolute atomic E-state index is 0. The Bertz CT molecular complexity index is 506. The first-order valence-corrected chi connectivity index (χ1v) is 7.50. The molecule has 2 rings (SSSR count). The maximum absolute atomic E-state index is 9.75. The Morgan fingerprint density at radius 1 is 0.444 bits per heavy atom. The van der Waals surface area contributed by atoms with E-state index in [9.17, 15) is 34.5 Å². The minimum Gasteiger partial charge on any atom is -0.418 e. The Balaban J connectivity index is -0.000000297. The van der Waals surface area contributed by atoms with Gasteiger partial charge < -0.3 is 34.5 Å². The first kappa shape index (κ1) is 30.6. The molecule has 1 aromatic rings. The second-order valence-corrected chi connectivity index (χ2v) is 5.27. The first-order valence-electron chi connectivity index (χ1n) is 7.50. The van der Waals surface area contributed by atoms with Crippen molar-refractivity contribution >= 4 is 14.5 Å². The molecular formula is C16H21B2F8Ir-2. The van der Waals surface area contributed by atoms with Crippen LogP contribution in [-0.4, -0.2) is 14.5 Å². The van der Waals surface area contributed by atoms with Gasteiger partial charge in [0.15, 0.2) is 0 Å². The predicted octanol–water partition coefficient (Wildman–Crippen LogP) is 7.55. The van der Waals surface area contributed by atoms with Gasteiger partial charge in [0.05, 0.1) is 0 Å². The molecule has 1 aromatic carbocycles. The quantitative estimate of drug-likeness (QED) is 0.220. The van der Waals surface area contributed by atoms with E-state index in [2.05, 4.69) is 34.6 Å². The number of hydrogen-bond donors (Lipinski definition) is 0. The average Bonchev–Trinajstić information content (AvgIpc) is 2.64. The van der Waals surface area contributed by atoms with Crippen molar-refractivity contribution < 1.29 is 54.6 Å². The number of rotatable bonds is 0. The fourth-order valence-corrected chi connectivity index (χ4v) is 1.79. The van der Waals surface area contributed by atoms with E-state index in [4.69, 9.17) is 0 Å². The van der Waals surface area contributed by atoms with Crippen LogP contribution in [0.1, 0.15) is 34.6 Å². The second kappa shape index (κ2) is 14.0. The normalized spacial score (nSPS) is 14.1. The molecule has 11 heteroatoms. The topological polar surface area (TPSA) is 0 Å². The van der Waals surface area contributed by atoms with Crippen LogP contribution >= 0.6 is 0 Å². The number of halogens is 8. The van der Waals surface area contributed by atoms with Gasteiger partial charge in [0.25, 0.3) is 0 Å². The van der Waals surface area contributed by atoms with Gasteiger partial charge in [0, 0.05) is 26.0 Å². The fourth-order valence-electron chi connectivity index (χ4n) is 1.79. The summed E-state index contributed by atoms with van der Waals surface area (Å²) in [6.45, 7) is 11.0. The van der Waals surface area contributed by atoms with Gasteiger partial charge in [-0.2, -0.15) is 0 Å². The van der Waals surface area contributed by atoms with Gasteiger partial charge in [-0.1, -0.05) is 54.5 Å². The van der Waals surface area contributed by atoms with E-state index in [0.717, 1.165) is 0 Å². The largest absolute Gasteiger partial charge is 0.673 e. The summed E-state index contributed by atoms with van der Waals surface area (Å²) in [6, 6.07) is 12.0. The molecule has 0 nitrogen and oxygen atoms in total. The number of hydrogen-bond acceptors (Lipinski definition) is 0. The molecule has 0 aromatic heterocycles. The van der Waals surface area contributed by atoms with Crippen LogP contribution in [0.15, 0.2) is 58.7 Å². The van der Waals surface area contributed by atoms with E-state index in [1.807, 2.05) is 36.4 Å². The van der Waals surface area contributed by atoms with Gasteiger partial charge in [0.2, 0.25) is 0 Å². The molecule has 0 fully saturated rings. The van der Waals surface area contributed by atoms with Crippen molar-refractivity contribution in [1.82, 2.24) is 0 Å². The number of benzene rings is 1. The molecule has 0 aliphatic heterocycles. The van der Waals surface area contributed by atoms with Crippen molar-refractivity contribution in [3.05, 3.63) is 64.6 Å². The zero-order valence-corrected chi connectivity index (χ0v) is 17.9. The first-order chi connectivity index (χ1) is 11.6. The molecule has 0 saturated heterocycles. The molecular weight excluding hydrogens is 558 g/mol. The smallest absolute Gasteiger partial charge is 0.418 e. The molecule has 1 aliphatic rings. The van der Waals surface area contributed by atoms with E-state index in [0.29, 0.717) is 0 Å². The summed E-state index contributed by atoms with van der Waals surface area (Å²) < 4.78 is 78.0. The predicted molar refractivity (Wildman–Crippen MR) is 92.5 cm³/mol. The molecule has 0 spiro atoms. The summed E-state index contributed by atoms with van der Waals surface area (Å²) in [6.07, 6.45) is 0. The maximum atomic E-state index is 9.75. The molecule has 2 radical (unpaired) electrons. The Hall–Kier alpha value is -1.08. The molecule has 0 amide bonds. The van der Waals surface area contributed by atoms with Crippen molar-refractivity contribution in [3.8, 4) is 0 Å². The van der Waals surface area contributed by atoms with Crippen LogP contribution in [0.25, 0.3) is 0 Å². The van der Waals surface area contributed by atoms with Crippen molar-refractivity contribution in [2.24, 2.45) is 0 Å². The van der Waals surface area contributed by atoms with Gasteiger partial charge in [-0.3, -0.25) is 0 Å². The molecule has 0 unspecified atom stereocenters. The van der Waals surface area contributed by atoms with Gasteiger partial charge in [-0.05, 0) is 38.8 Å².